The summed E-state index contributed by atoms with van der Waals surface area (Å²) in [5.74, 6) is 0. The van der Waals surface area contributed by atoms with Crippen molar-refractivity contribution in [1.29, 1.82) is 0 Å². The molecule has 2 unspecified atom stereocenters. The van der Waals surface area contributed by atoms with E-state index >= 15 is 0 Å². The molecule has 1 saturated heterocycles. The molecule has 0 bridgehead atoms. The highest BCUT2D eigenvalue weighted by molar-refractivity contribution is 4.79. The van der Waals surface area contributed by atoms with Crippen LogP contribution in [0.1, 0.15) is 39.5 Å². The van der Waals surface area contributed by atoms with Gasteiger partial charge >= 0.3 is 0 Å². The minimum atomic E-state index is 0.625. The van der Waals surface area contributed by atoms with Crippen LogP contribution in [-0.4, -0.2) is 30.1 Å². The Bertz CT molecular complexity index is 121. The predicted molar refractivity (Wildman–Crippen MR) is 53.2 cm³/mol. The normalized spacial score (nSPS) is 28.8. The standard InChI is InChI=1S/C10H22N2/c1-3-10(8-11)12-7-5-4-6-9(12)2/h9-10H,3-8,11H2,1-2H3. The molecule has 72 valence electrons. The topological polar surface area (TPSA) is 29.3 Å². The SMILES string of the molecule is CCC(CN)N1CCCCC1C. The third kappa shape index (κ3) is 2.20. The smallest absolute Gasteiger partial charge is 0.0218 e. The number of hydrogen-bond acceptors (Lipinski definition) is 2. The van der Waals surface area contributed by atoms with Crippen molar-refractivity contribution in [3.63, 3.8) is 0 Å². The largest absolute Gasteiger partial charge is 0.329 e. The van der Waals surface area contributed by atoms with Gasteiger partial charge in [0.1, 0.15) is 0 Å². The molecule has 2 nitrogen and oxygen atoms in total. The highest BCUT2D eigenvalue weighted by Crippen LogP contribution is 2.19. The molecule has 1 aliphatic heterocycles. The summed E-state index contributed by atoms with van der Waals surface area (Å²) in [5.41, 5.74) is 5.73. The molecule has 0 spiro atoms. The highest BCUT2D eigenvalue weighted by atomic mass is 15.2. The Balaban J connectivity index is 2.45. The summed E-state index contributed by atoms with van der Waals surface area (Å²) in [6.45, 7) is 6.65. The molecular formula is C10H22N2. The Morgan fingerprint density at radius 2 is 2.25 bits per heavy atom. The van der Waals surface area contributed by atoms with Crippen LogP contribution in [0.15, 0.2) is 0 Å². The molecule has 0 aromatic carbocycles. The molecule has 1 rings (SSSR count). The summed E-state index contributed by atoms with van der Waals surface area (Å²) in [7, 11) is 0. The quantitative estimate of drug-likeness (QED) is 0.697. The fourth-order valence-corrected chi connectivity index (χ4v) is 2.20. The van der Waals surface area contributed by atoms with Crippen molar-refractivity contribution in [1.82, 2.24) is 4.90 Å². The van der Waals surface area contributed by atoms with E-state index in [1.165, 1.54) is 32.2 Å². The summed E-state index contributed by atoms with van der Waals surface area (Å²) in [6.07, 6.45) is 5.32. The van der Waals surface area contributed by atoms with Gasteiger partial charge in [0.05, 0.1) is 0 Å². The number of nitrogens with zero attached hydrogens (tertiary/aromatic N) is 1. The maximum Gasteiger partial charge on any atom is 0.0218 e. The number of piperidine rings is 1. The van der Waals surface area contributed by atoms with E-state index in [2.05, 4.69) is 18.7 Å². The lowest BCUT2D eigenvalue weighted by molar-refractivity contribution is 0.106. The fourth-order valence-electron chi connectivity index (χ4n) is 2.20. The van der Waals surface area contributed by atoms with Gasteiger partial charge in [-0.15, -0.1) is 0 Å². The zero-order chi connectivity index (χ0) is 8.97. The van der Waals surface area contributed by atoms with E-state index in [9.17, 15) is 0 Å². The molecule has 0 aliphatic carbocycles. The average molecular weight is 170 g/mol. The van der Waals surface area contributed by atoms with Crippen LogP contribution in [0.25, 0.3) is 0 Å². The first-order valence-electron chi connectivity index (χ1n) is 5.25. The van der Waals surface area contributed by atoms with Crippen LogP contribution in [-0.2, 0) is 0 Å². The molecule has 0 aromatic heterocycles. The second-order valence-corrected chi connectivity index (χ2v) is 3.88. The lowest BCUT2D eigenvalue weighted by atomic mass is 10.0. The Morgan fingerprint density at radius 1 is 1.50 bits per heavy atom. The van der Waals surface area contributed by atoms with Gasteiger partial charge in [0.2, 0.25) is 0 Å². The third-order valence-electron chi connectivity index (χ3n) is 3.07. The van der Waals surface area contributed by atoms with E-state index in [1.807, 2.05) is 0 Å². The minimum Gasteiger partial charge on any atom is -0.329 e. The molecule has 12 heavy (non-hydrogen) atoms. The molecule has 0 radical (unpaired) electrons. The van der Waals surface area contributed by atoms with Gasteiger partial charge in [0.15, 0.2) is 0 Å². The van der Waals surface area contributed by atoms with Crippen molar-refractivity contribution in [2.45, 2.75) is 51.6 Å². The first-order chi connectivity index (χ1) is 5.79. The van der Waals surface area contributed by atoms with Gasteiger partial charge in [-0.3, -0.25) is 4.90 Å². The van der Waals surface area contributed by atoms with Gasteiger partial charge in [-0.2, -0.15) is 0 Å². The van der Waals surface area contributed by atoms with Crippen LogP contribution in [0.4, 0.5) is 0 Å². The van der Waals surface area contributed by atoms with Crippen LogP contribution in [0.3, 0.4) is 0 Å². The number of rotatable bonds is 3. The summed E-state index contributed by atoms with van der Waals surface area (Å²) < 4.78 is 0. The minimum absolute atomic E-state index is 0.625. The zero-order valence-corrected chi connectivity index (χ0v) is 8.42. The van der Waals surface area contributed by atoms with Crippen LogP contribution in [0.2, 0.25) is 0 Å². The first-order valence-corrected chi connectivity index (χ1v) is 5.25. The summed E-state index contributed by atoms with van der Waals surface area (Å²) in [5, 5.41) is 0. The molecule has 1 fully saturated rings. The first kappa shape index (κ1) is 10.0. The van der Waals surface area contributed by atoms with Crippen molar-refractivity contribution in [3.8, 4) is 0 Å². The third-order valence-corrected chi connectivity index (χ3v) is 3.07. The second kappa shape index (κ2) is 4.83. The Labute approximate surface area is 76.1 Å². The fraction of sp³-hybridized carbons (Fsp3) is 1.00. The number of likely N-dealkylation sites (tertiary alicyclic amines) is 1. The van der Waals surface area contributed by atoms with Crippen molar-refractivity contribution < 1.29 is 0 Å². The molecule has 1 aliphatic rings. The Morgan fingerprint density at radius 3 is 2.75 bits per heavy atom. The van der Waals surface area contributed by atoms with E-state index in [1.54, 1.807) is 0 Å². The Kier molecular flexibility index (Phi) is 4.02. The van der Waals surface area contributed by atoms with E-state index in [0.29, 0.717) is 6.04 Å². The zero-order valence-electron chi connectivity index (χ0n) is 8.42. The van der Waals surface area contributed by atoms with Gasteiger partial charge in [-0.05, 0) is 32.7 Å². The average Bonchev–Trinajstić information content (AvgIpc) is 2.10. The predicted octanol–water partition coefficient (Wildman–Crippen LogP) is 1.60. The maximum atomic E-state index is 5.73. The van der Waals surface area contributed by atoms with Crippen molar-refractivity contribution >= 4 is 0 Å². The van der Waals surface area contributed by atoms with E-state index in [-0.39, 0.29) is 0 Å². The molecule has 2 heteroatoms. The van der Waals surface area contributed by atoms with Gasteiger partial charge in [0, 0.05) is 18.6 Å². The summed E-state index contributed by atoms with van der Waals surface area (Å²) >= 11 is 0. The van der Waals surface area contributed by atoms with Gasteiger partial charge < -0.3 is 5.73 Å². The van der Waals surface area contributed by atoms with Crippen molar-refractivity contribution in [2.75, 3.05) is 13.1 Å². The second-order valence-electron chi connectivity index (χ2n) is 3.88. The van der Waals surface area contributed by atoms with Crippen LogP contribution >= 0.6 is 0 Å². The van der Waals surface area contributed by atoms with Gasteiger partial charge in [0.25, 0.3) is 0 Å². The lowest BCUT2D eigenvalue weighted by Crippen LogP contribution is -2.47. The van der Waals surface area contributed by atoms with Crippen molar-refractivity contribution in [3.05, 3.63) is 0 Å². The summed E-state index contributed by atoms with van der Waals surface area (Å²) in [6, 6.07) is 1.38. The monoisotopic (exact) mass is 170 g/mol. The molecule has 1 heterocycles. The molecule has 0 aromatic rings. The van der Waals surface area contributed by atoms with Crippen LogP contribution in [0, 0.1) is 0 Å². The van der Waals surface area contributed by atoms with Gasteiger partial charge in [-0.1, -0.05) is 13.3 Å². The van der Waals surface area contributed by atoms with Crippen LogP contribution < -0.4 is 5.73 Å². The lowest BCUT2D eigenvalue weighted by Gasteiger charge is -2.38. The maximum absolute atomic E-state index is 5.73. The van der Waals surface area contributed by atoms with E-state index < -0.39 is 0 Å². The van der Waals surface area contributed by atoms with E-state index in [4.69, 9.17) is 5.73 Å². The number of nitrogens with two attached hydrogens (primary N) is 1. The molecule has 0 saturated carbocycles. The number of hydrogen-bond donors (Lipinski definition) is 1. The molecule has 0 amide bonds. The molecular weight excluding hydrogens is 148 g/mol. The van der Waals surface area contributed by atoms with Crippen LogP contribution in [0.5, 0.6) is 0 Å². The van der Waals surface area contributed by atoms with E-state index in [0.717, 1.165) is 12.6 Å². The Hall–Kier alpha value is -0.0800. The summed E-state index contributed by atoms with van der Waals surface area (Å²) in [4.78, 5) is 2.59. The van der Waals surface area contributed by atoms with Crippen molar-refractivity contribution in [2.24, 2.45) is 5.73 Å². The molecule has 2 atom stereocenters. The highest BCUT2D eigenvalue weighted by Gasteiger charge is 2.23. The van der Waals surface area contributed by atoms with Gasteiger partial charge in [-0.25, -0.2) is 0 Å². The molecule has 2 N–H and O–H groups in total.